The Morgan fingerprint density at radius 1 is 0.929 bits per heavy atom. The van der Waals surface area contributed by atoms with Crippen LogP contribution in [-0.2, 0) is 9.59 Å². The number of ether oxygens (including phenoxy) is 3. The summed E-state index contributed by atoms with van der Waals surface area (Å²) < 4.78 is 15.8. The molecule has 1 heterocycles. The number of hydrogen-bond acceptors (Lipinski definition) is 6. The van der Waals surface area contributed by atoms with E-state index in [1.807, 2.05) is 0 Å². The standard InChI is InChI=1S/C21H21NO6/c1-22-18(15-10-9-14(27-3)11-16(15)28-4)17(20(24)21(22)25)19(23)12-5-7-13(26-2)8-6-12/h5-11,18,23H,1-4H3. The number of hydrogen-bond donors (Lipinski definition) is 1. The number of carbonyl (C=O) groups is 2. The molecule has 2 aromatic rings. The van der Waals surface area contributed by atoms with E-state index in [1.165, 1.54) is 33.3 Å². The fourth-order valence-corrected chi connectivity index (χ4v) is 3.26. The SMILES string of the molecule is COc1ccc(C(O)=C2C(=O)C(=O)N(C)C2c2ccc(OC)cc2OC)cc1. The number of nitrogens with zero attached hydrogens (tertiary/aromatic N) is 1. The lowest BCUT2D eigenvalue weighted by atomic mass is 9.94. The minimum absolute atomic E-state index is 0.00105. The number of aliphatic hydroxyl groups excluding tert-OH is 1. The number of carbonyl (C=O) groups excluding carboxylic acids is 2. The van der Waals surface area contributed by atoms with E-state index in [4.69, 9.17) is 14.2 Å². The predicted octanol–water partition coefficient (Wildman–Crippen LogP) is 2.76. The van der Waals surface area contributed by atoms with Crippen LogP contribution in [0.15, 0.2) is 48.0 Å². The van der Waals surface area contributed by atoms with Crippen molar-refractivity contribution in [1.29, 1.82) is 0 Å². The van der Waals surface area contributed by atoms with E-state index in [1.54, 1.807) is 42.5 Å². The summed E-state index contributed by atoms with van der Waals surface area (Å²) in [5.74, 6) is -0.0757. The highest BCUT2D eigenvalue weighted by atomic mass is 16.5. The van der Waals surface area contributed by atoms with Gasteiger partial charge in [-0.25, -0.2) is 0 Å². The molecule has 2 aromatic carbocycles. The first kappa shape index (κ1) is 19.3. The van der Waals surface area contributed by atoms with Crippen molar-refractivity contribution in [2.45, 2.75) is 6.04 Å². The molecule has 28 heavy (non-hydrogen) atoms. The van der Waals surface area contributed by atoms with Crippen molar-refractivity contribution >= 4 is 17.4 Å². The third kappa shape index (κ3) is 3.15. The molecule has 7 heteroatoms. The Bertz CT molecular complexity index is 948. The van der Waals surface area contributed by atoms with E-state index in [9.17, 15) is 14.7 Å². The summed E-state index contributed by atoms with van der Waals surface area (Å²) in [6, 6.07) is 10.9. The lowest BCUT2D eigenvalue weighted by molar-refractivity contribution is -0.139. The van der Waals surface area contributed by atoms with E-state index < -0.39 is 17.7 Å². The van der Waals surface area contributed by atoms with Gasteiger partial charge in [0.15, 0.2) is 0 Å². The average Bonchev–Trinajstić information content (AvgIpc) is 2.96. The molecule has 1 amide bonds. The van der Waals surface area contributed by atoms with Crippen molar-refractivity contribution in [1.82, 2.24) is 4.90 Å². The Hall–Kier alpha value is -3.48. The molecule has 1 unspecified atom stereocenters. The van der Waals surface area contributed by atoms with Crippen molar-refractivity contribution in [3.63, 3.8) is 0 Å². The predicted molar refractivity (Wildman–Crippen MR) is 103 cm³/mol. The van der Waals surface area contributed by atoms with Crippen LogP contribution < -0.4 is 14.2 Å². The minimum atomic E-state index is -0.789. The van der Waals surface area contributed by atoms with Gasteiger partial charge < -0.3 is 24.2 Å². The molecular weight excluding hydrogens is 362 g/mol. The van der Waals surface area contributed by atoms with Crippen molar-refractivity contribution in [2.75, 3.05) is 28.4 Å². The maximum Gasteiger partial charge on any atom is 0.295 e. The zero-order valence-electron chi connectivity index (χ0n) is 16.1. The highest BCUT2D eigenvalue weighted by Crippen LogP contribution is 2.42. The van der Waals surface area contributed by atoms with Crippen LogP contribution in [0.1, 0.15) is 17.2 Å². The van der Waals surface area contributed by atoms with E-state index in [0.717, 1.165) is 0 Å². The number of benzene rings is 2. The van der Waals surface area contributed by atoms with Gasteiger partial charge in [-0.2, -0.15) is 0 Å². The third-order valence-electron chi connectivity index (χ3n) is 4.77. The fourth-order valence-electron chi connectivity index (χ4n) is 3.26. The van der Waals surface area contributed by atoms with E-state index in [0.29, 0.717) is 28.4 Å². The van der Waals surface area contributed by atoms with Gasteiger partial charge in [0.05, 0.1) is 32.9 Å². The molecule has 1 saturated heterocycles. The summed E-state index contributed by atoms with van der Waals surface area (Å²) in [6.45, 7) is 0. The molecule has 146 valence electrons. The van der Waals surface area contributed by atoms with Crippen LogP contribution in [0.25, 0.3) is 5.76 Å². The summed E-state index contributed by atoms with van der Waals surface area (Å²) in [5.41, 5.74) is 0.978. The monoisotopic (exact) mass is 383 g/mol. The molecule has 0 saturated carbocycles. The summed E-state index contributed by atoms with van der Waals surface area (Å²) in [4.78, 5) is 26.4. The van der Waals surface area contributed by atoms with Crippen LogP contribution >= 0.6 is 0 Å². The molecule has 1 aliphatic rings. The maximum absolute atomic E-state index is 12.7. The lowest BCUT2D eigenvalue weighted by Crippen LogP contribution is -2.25. The first-order chi connectivity index (χ1) is 13.4. The topological polar surface area (TPSA) is 85.3 Å². The van der Waals surface area contributed by atoms with Gasteiger partial charge in [-0.3, -0.25) is 9.59 Å². The smallest absolute Gasteiger partial charge is 0.295 e. The van der Waals surface area contributed by atoms with Crippen LogP contribution in [0.2, 0.25) is 0 Å². The van der Waals surface area contributed by atoms with Gasteiger partial charge in [0, 0.05) is 24.2 Å². The van der Waals surface area contributed by atoms with Gasteiger partial charge in [-0.05, 0) is 36.4 Å². The van der Waals surface area contributed by atoms with Gasteiger partial charge in [0.2, 0.25) is 0 Å². The number of methoxy groups -OCH3 is 3. The highest BCUT2D eigenvalue weighted by Gasteiger charge is 2.45. The van der Waals surface area contributed by atoms with Gasteiger partial charge in [-0.1, -0.05) is 0 Å². The molecule has 0 spiro atoms. The van der Waals surface area contributed by atoms with Crippen molar-refractivity contribution in [3.05, 3.63) is 59.2 Å². The molecule has 7 nitrogen and oxygen atoms in total. The first-order valence-corrected chi connectivity index (χ1v) is 8.53. The van der Waals surface area contributed by atoms with Crippen LogP contribution in [0.5, 0.6) is 17.2 Å². The Balaban J connectivity index is 2.17. The first-order valence-electron chi connectivity index (χ1n) is 8.53. The minimum Gasteiger partial charge on any atom is -0.507 e. The van der Waals surface area contributed by atoms with Crippen molar-refractivity contribution in [2.24, 2.45) is 0 Å². The van der Waals surface area contributed by atoms with Crippen LogP contribution in [0.3, 0.4) is 0 Å². The zero-order chi connectivity index (χ0) is 20.4. The number of likely N-dealkylation sites (tertiary alicyclic amines) is 1. The molecule has 0 bridgehead atoms. The summed E-state index contributed by atoms with van der Waals surface area (Å²) in [7, 11) is 6.07. The Morgan fingerprint density at radius 2 is 1.54 bits per heavy atom. The maximum atomic E-state index is 12.7. The van der Waals surface area contributed by atoms with E-state index in [2.05, 4.69) is 0 Å². The van der Waals surface area contributed by atoms with Crippen LogP contribution in [0.4, 0.5) is 0 Å². The van der Waals surface area contributed by atoms with Crippen LogP contribution in [-0.4, -0.2) is 50.1 Å². The Labute approximate surface area is 162 Å². The molecule has 0 aromatic heterocycles. The second kappa shape index (κ2) is 7.64. The molecule has 1 fully saturated rings. The van der Waals surface area contributed by atoms with Crippen molar-refractivity contribution < 1.29 is 28.9 Å². The molecule has 0 aliphatic carbocycles. The second-order valence-electron chi connectivity index (χ2n) is 6.25. The molecule has 1 atom stereocenters. The number of likely N-dealkylation sites (N-methyl/N-ethyl adjacent to an activating group) is 1. The summed E-state index contributed by atoms with van der Waals surface area (Å²) in [6.07, 6.45) is 0. The van der Waals surface area contributed by atoms with E-state index in [-0.39, 0.29) is 11.3 Å². The van der Waals surface area contributed by atoms with E-state index >= 15 is 0 Å². The molecule has 0 radical (unpaired) electrons. The Kier molecular flexibility index (Phi) is 5.26. The fraction of sp³-hybridized carbons (Fsp3) is 0.238. The number of amides is 1. The molecule has 1 N–H and O–H groups in total. The highest BCUT2D eigenvalue weighted by molar-refractivity contribution is 6.46. The quantitative estimate of drug-likeness (QED) is 0.485. The van der Waals surface area contributed by atoms with Gasteiger partial charge in [-0.15, -0.1) is 0 Å². The Morgan fingerprint density at radius 3 is 2.11 bits per heavy atom. The van der Waals surface area contributed by atoms with Gasteiger partial charge in [0.1, 0.15) is 23.0 Å². The summed E-state index contributed by atoms with van der Waals surface area (Å²) in [5, 5.41) is 10.9. The van der Waals surface area contributed by atoms with Crippen LogP contribution in [0, 0.1) is 0 Å². The number of aliphatic hydroxyl groups is 1. The number of Topliss-reactive ketones (excluding diaryl/α,β-unsaturated/α-hetero) is 1. The summed E-state index contributed by atoms with van der Waals surface area (Å²) >= 11 is 0. The second-order valence-corrected chi connectivity index (χ2v) is 6.25. The zero-order valence-corrected chi connectivity index (χ0v) is 16.1. The lowest BCUT2D eigenvalue weighted by Gasteiger charge is -2.23. The largest absolute Gasteiger partial charge is 0.507 e. The molecular formula is C21H21NO6. The normalized spacial score (nSPS) is 18.3. The molecule has 1 aliphatic heterocycles. The number of rotatable bonds is 5. The van der Waals surface area contributed by atoms with Gasteiger partial charge >= 0.3 is 0 Å². The van der Waals surface area contributed by atoms with Crippen molar-refractivity contribution in [3.8, 4) is 17.2 Å². The average molecular weight is 383 g/mol. The third-order valence-corrected chi connectivity index (χ3v) is 4.77. The molecule has 3 rings (SSSR count). The number of ketones is 1. The van der Waals surface area contributed by atoms with Gasteiger partial charge in [0.25, 0.3) is 11.7 Å².